The number of amides is 1. The number of halogens is 2. The zero-order chi connectivity index (χ0) is 13.8. The van der Waals surface area contributed by atoms with Crippen LogP contribution in [0.1, 0.15) is 10.5 Å². The predicted octanol–water partition coefficient (Wildman–Crippen LogP) is 3.17. The number of nitrogens with zero attached hydrogens (tertiary/aromatic N) is 1. The molecule has 1 heterocycles. The lowest BCUT2D eigenvalue weighted by Crippen LogP contribution is -2.14. The molecule has 0 spiro atoms. The Morgan fingerprint density at radius 2 is 2.11 bits per heavy atom. The summed E-state index contributed by atoms with van der Waals surface area (Å²) in [4.78, 5) is 16.1. The summed E-state index contributed by atoms with van der Waals surface area (Å²) in [7, 11) is 1.71. The molecule has 0 aliphatic heterocycles. The zero-order valence-corrected chi connectivity index (χ0v) is 10.8. The van der Waals surface area contributed by atoms with Gasteiger partial charge >= 0.3 is 0 Å². The van der Waals surface area contributed by atoms with Crippen molar-refractivity contribution >= 4 is 29.0 Å². The maximum Gasteiger partial charge on any atom is 0.274 e. The molecule has 0 fully saturated rings. The van der Waals surface area contributed by atoms with Crippen LogP contribution in [0.2, 0.25) is 5.02 Å². The normalized spacial score (nSPS) is 10.1. The number of anilines is 2. The highest BCUT2D eigenvalue weighted by Gasteiger charge is 2.10. The molecule has 0 radical (unpaired) electrons. The molecular weight excluding hydrogens is 269 g/mol. The molecule has 0 saturated heterocycles. The van der Waals surface area contributed by atoms with Gasteiger partial charge in [0.25, 0.3) is 5.91 Å². The van der Waals surface area contributed by atoms with Crippen LogP contribution in [-0.2, 0) is 0 Å². The first-order valence-corrected chi connectivity index (χ1v) is 5.89. The molecule has 0 bridgehead atoms. The van der Waals surface area contributed by atoms with Gasteiger partial charge in [-0.05, 0) is 30.3 Å². The van der Waals surface area contributed by atoms with E-state index in [9.17, 15) is 9.18 Å². The smallest absolute Gasteiger partial charge is 0.274 e. The summed E-state index contributed by atoms with van der Waals surface area (Å²) in [5.74, 6) is -0.290. The van der Waals surface area contributed by atoms with Gasteiger partial charge in [-0.25, -0.2) is 9.37 Å². The fraction of sp³-hybridized carbons (Fsp3) is 0.0769. The van der Waals surface area contributed by atoms with Crippen LogP contribution in [-0.4, -0.2) is 17.9 Å². The van der Waals surface area contributed by atoms with E-state index in [0.29, 0.717) is 11.5 Å². The van der Waals surface area contributed by atoms with Crippen LogP contribution in [0.5, 0.6) is 0 Å². The Balaban J connectivity index is 2.20. The molecular formula is C13H11ClFN3O. The van der Waals surface area contributed by atoms with Gasteiger partial charge in [0.05, 0.1) is 10.7 Å². The third-order valence-corrected chi connectivity index (χ3v) is 2.73. The number of rotatable bonds is 3. The van der Waals surface area contributed by atoms with Gasteiger partial charge in [-0.3, -0.25) is 4.79 Å². The second-order valence-electron chi connectivity index (χ2n) is 3.74. The van der Waals surface area contributed by atoms with Crippen molar-refractivity contribution in [3.05, 3.63) is 52.9 Å². The monoisotopic (exact) mass is 279 g/mol. The average Bonchev–Trinajstić information content (AvgIpc) is 2.42. The van der Waals surface area contributed by atoms with Gasteiger partial charge in [0.15, 0.2) is 0 Å². The highest BCUT2D eigenvalue weighted by molar-refractivity contribution is 6.33. The van der Waals surface area contributed by atoms with Gasteiger partial charge in [-0.1, -0.05) is 17.7 Å². The van der Waals surface area contributed by atoms with Crippen LogP contribution in [0.15, 0.2) is 36.4 Å². The van der Waals surface area contributed by atoms with Crippen molar-refractivity contribution in [2.45, 2.75) is 0 Å². The van der Waals surface area contributed by atoms with Crippen molar-refractivity contribution in [2.24, 2.45) is 0 Å². The molecule has 98 valence electrons. The van der Waals surface area contributed by atoms with Crippen molar-refractivity contribution in [2.75, 3.05) is 17.7 Å². The van der Waals surface area contributed by atoms with Gasteiger partial charge < -0.3 is 10.6 Å². The van der Waals surface area contributed by atoms with Crippen molar-refractivity contribution in [1.29, 1.82) is 0 Å². The van der Waals surface area contributed by atoms with E-state index in [1.807, 2.05) is 0 Å². The van der Waals surface area contributed by atoms with Gasteiger partial charge in [-0.2, -0.15) is 0 Å². The van der Waals surface area contributed by atoms with Crippen LogP contribution >= 0.6 is 11.6 Å². The minimum absolute atomic E-state index is 0.137. The number of carbonyl (C=O) groups is 1. The molecule has 4 nitrogen and oxygen atoms in total. The van der Waals surface area contributed by atoms with E-state index in [0.717, 1.165) is 6.07 Å². The molecule has 0 aliphatic carbocycles. The molecule has 19 heavy (non-hydrogen) atoms. The molecule has 2 aromatic rings. The number of benzene rings is 1. The molecule has 0 saturated carbocycles. The first-order valence-electron chi connectivity index (χ1n) is 5.51. The molecule has 1 aromatic carbocycles. The van der Waals surface area contributed by atoms with Crippen LogP contribution in [0.4, 0.5) is 15.9 Å². The van der Waals surface area contributed by atoms with Crippen LogP contribution in [0.3, 0.4) is 0 Å². The molecule has 2 rings (SSSR count). The Morgan fingerprint density at radius 1 is 1.32 bits per heavy atom. The third kappa shape index (κ3) is 3.20. The standard InChI is InChI=1S/C13H11ClFN3O/c1-16-12-4-2-3-11(17-12)13(19)18-10-6-5-8(15)7-9(10)14/h2-7H,1H3,(H,16,17)(H,18,19). The maximum atomic E-state index is 12.9. The molecule has 6 heteroatoms. The summed E-state index contributed by atoms with van der Waals surface area (Å²) in [5.41, 5.74) is 0.581. The van der Waals surface area contributed by atoms with E-state index < -0.39 is 11.7 Å². The highest BCUT2D eigenvalue weighted by atomic mass is 35.5. The first-order chi connectivity index (χ1) is 9.10. The van der Waals surface area contributed by atoms with Crippen molar-refractivity contribution in [3.63, 3.8) is 0 Å². The second-order valence-corrected chi connectivity index (χ2v) is 4.14. The highest BCUT2D eigenvalue weighted by Crippen LogP contribution is 2.22. The molecule has 2 N–H and O–H groups in total. The summed E-state index contributed by atoms with van der Waals surface area (Å²) in [6.07, 6.45) is 0. The Bertz CT molecular complexity index is 619. The average molecular weight is 280 g/mol. The van der Waals surface area contributed by atoms with Gasteiger partial charge in [0, 0.05) is 7.05 Å². The van der Waals surface area contributed by atoms with Crippen molar-refractivity contribution in [3.8, 4) is 0 Å². The summed E-state index contributed by atoms with van der Waals surface area (Å²) in [6.45, 7) is 0. The largest absolute Gasteiger partial charge is 0.373 e. The number of carbonyl (C=O) groups excluding carboxylic acids is 1. The Hall–Kier alpha value is -2.14. The van der Waals surface area contributed by atoms with Gasteiger partial charge in [0.2, 0.25) is 0 Å². The summed E-state index contributed by atoms with van der Waals surface area (Å²) < 4.78 is 12.9. The fourth-order valence-corrected chi connectivity index (χ4v) is 1.69. The lowest BCUT2D eigenvalue weighted by atomic mass is 10.3. The summed E-state index contributed by atoms with van der Waals surface area (Å²) in [6, 6.07) is 8.78. The Labute approximate surface area is 114 Å². The topological polar surface area (TPSA) is 54.0 Å². The number of hydrogen-bond donors (Lipinski definition) is 2. The number of pyridine rings is 1. The van der Waals surface area contributed by atoms with E-state index in [4.69, 9.17) is 11.6 Å². The fourth-order valence-electron chi connectivity index (χ4n) is 1.48. The summed E-state index contributed by atoms with van der Waals surface area (Å²) in [5, 5.41) is 5.55. The maximum absolute atomic E-state index is 12.9. The molecule has 1 aromatic heterocycles. The van der Waals surface area contributed by atoms with E-state index in [2.05, 4.69) is 15.6 Å². The quantitative estimate of drug-likeness (QED) is 0.907. The zero-order valence-electron chi connectivity index (χ0n) is 10.1. The minimum atomic E-state index is -0.460. The van der Waals surface area contributed by atoms with Crippen molar-refractivity contribution in [1.82, 2.24) is 4.98 Å². The van der Waals surface area contributed by atoms with Crippen LogP contribution in [0.25, 0.3) is 0 Å². The number of nitrogens with one attached hydrogen (secondary N) is 2. The Morgan fingerprint density at radius 3 is 2.79 bits per heavy atom. The minimum Gasteiger partial charge on any atom is -0.373 e. The van der Waals surface area contributed by atoms with E-state index in [1.54, 1.807) is 25.2 Å². The molecule has 0 aliphatic rings. The van der Waals surface area contributed by atoms with Gasteiger partial charge in [-0.15, -0.1) is 0 Å². The van der Waals surface area contributed by atoms with E-state index >= 15 is 0 Å². The predicted molar refractivity (Wildman–Crippen MR) is 73.1 cm³/mol. The van der Waals surface area contributed by atoms with E-state index in [-0.39, 0.29) is 10.7 Å². The van der Waals surface area contributed by atoms with Crippen LogP contribution < -0.4 is 10.6 Å². The molecule has 0 unspecified atom stereocenters. The van der Waals surface area contributed by atoms with Crippen LogP contribution in [0, 0.1) is 5.82 Å². The van der Waals surface area contributed by atoms with E-state index in [1.165, 1.54) is 12.1 Å². The molecule has 0 atom stereocenters. The molecule has 1 amide bonds. The number of aromatic nitrogens is 1. The van der Waals surface area contributed by atoms with Crippen molar-refractivity contribution < 1.29 is 9.18 Å². The second kappa shape index (κ2) is 5.67. The first kappa shape index (κ1) is 13.3. The summed E-state index contributed by atoms with van der Waals surface area (Å²) >= 11 is 5.83. The lowest BCUT2D eigenvalue weighted by molar-refractivity contribution is 0.102. The third-order valence-electron chi connectivity index (χ3n) is 2.42. The lowest BCUT2D eigenvalue weighted by Gasteiger charge is -2.07. The van der Waals surface area contributed by atoms with Gasteiger partial charge in [0.1, 0.15) is 17.3 Å². The number of hydrogen-bond acceptors (Lipinski definition) is 3. The SMILES string of the molecule is CNc1cccc(C(=O)Nc2ccc(F)cc2Cl)n1. The Kier molecular flexibility index (Phi) is 3.97.